The Morgan fingerprint density at radius 3 is 2.40 bits per heavy atom. The molecule has 0 unspecified atom stereocenters. The van der Waals surface area contributed by atoms with E-state index in [9.17, 15) is 0 Å². The molecule has 3 heterocycles. The van der Waals surface area contributed by atoms with Gasteiger partial charge in [0, 0.05) is 43.3 Å². The summed E-state index contributed by atoms with van der Waals surface area (Å²) in [5.41, 5.74) is 1.87. The number of oxazole rings is 1. The first-order chi connectivity index (χ1) is 12.3. The maximum absolute atomic E-state index is 5.91. The molecule has 0 bridgehead atoms. The molecule has 7 nitrogen and oxygen atoms in total. The van der Waals surface area contributed by atoms with Crippen molar-refractivity contribution in [2.24, 2.45) is 0 Å². The van der Waals surface area contributed by atoms with Crippen LogP contribution in [0.4, 0.5) is 0 Å². The molecule has 2 aromatic heterocycles. The Kier molecular flexibility index (Phi) is 4.78. The monoisotopic (exact) mass is 359 g/mol. The second kappa shape index (κ2) is 7.35. The van der Waals surface area contributed by atoms with Crippen molar-refractivity contribution in [3.05, 3.63) is 53.5 Å². The Hall–Kier alpha value is -2.22. The molecule has 0 saturated carbocycles. The van der Waals surface area contributed by atoms with E-state index in [0.717, 1.165) is 44.0 Å². The number of hydrogen-bond donors (Lipinski definition) is 0. The maximum atomic E-state index is 5.91. The van der Waals surface area contributed by atoms with Crippen LogP contribution in [-0.2, 0) is 13.1 Å². The summed E-state index contributed by atoms with van der Waals surface area (Å²) in [6.07, 6.45) is 3.17. The van der Waals surface area contributed by atoms with E-state index in [-0.39, 0.29) is 0 Å². The van der Waals surface area contributed by atoms with Crippen LogP contribution in [0.1, 0.15) is 11.6 Å². The van der Waals surface area contributed by atoms with E-state index in [2.05, 4.69) is 24.9 Å². The van der Waals surface area contributed by atoms with Gasteiger partial charge in [0.05, 0.1) is 12.2 Å². The molecule has 1 aliphatic heterocycles. The molecule has 0 atom stereocenters. The second-order valence-corrected chi connectivity index (χ2v) is 6.49. The van der Waals surface area contributed by atoms with Gasteiger partial charge in [0.2, 0.25) is 11.7 Å². The third-order valence-corrected chi connectivity index (χ3v) is 4.52. The number of rotatable bonds is 5. The van der Waals surface area contributed by atoms with Crippen molar-refractivity contribution >= 4 is 11.6 Å². The minimum Gasteiger partial charge on any atom is -0.451 e. The van der Waals surface area contributed by atoms with Gasteiger partial charge >= 0.3 is 0 Å². The molecule has 1 aromatic carbocycles. The van der Waals surface area contributed by atoms with Crippen molar-refractivity contribution in [1.29, 1.82) is 0 Å². The molecule has 1 saturated heterocycles. The fraction of sp³-hybridized carbons (Fsp3) is 0.353. The summed E-state index contributed by atoms with van der Waals surface area (Å²) in [4.78, 5) is 13.3. The van der Waals surface area contributed by atoms with Crippen LogP contribution >= 0.6 is 11.6 Å². The van der Waals surface area contributed by atoms with Crippen molar-refractivity contribution < 1.29 is 8.94 Å². The minimum atomic E-state index is 0.594. The molecule has 1 aliphatic rings. The van der Waals surface area contributed by atoms with Crippen LogP contribution in [0.5, 0.6) is 0 Å². The van der Waals surface area contributed by atoms with Gasteiger partial charge in [0.25, 0.3) is 0 Å². The Labute approximate surface area is 150 Å². The minimum absolute atomic E-state index is 0.594. The van der Waals surface area contributed by atoms with Crippen LogP contribution in [0.2, 0.25) is 5.02 Å². The number of piperazine rings is 1. The van der Waals surface area contributed by atoms with Gasteiger partial charge in [-0.3, -0.25) is 9.80 Å². The number of aromatic nitrogens is 3. The van der Waals surface area contributed by atoms with Gasteiger partial charge in [-0.05, 0) is 24.3 Å². The second-order valence-electron chi connectivity index (χ2n) is 6.05. The highest BCUT2D eigenvalue weighted by Crippen LogP contribution is 2.19. The molecule has 0 amide bonds. The zero-order chi connectivity index (χ0) is 17.1. The van der Waals surface area contributed by atoms with Crippen molar-refractivity contribution in [3.63, 3.8) is 0 Å². The van der Waals surface area contributed by atoms with Crippen molar-refractivity contribution in [1.82, 2.24) is 24.9 Å². The number of nitrogens with zero attached hydrogens (tertiary/aromatic N) is 5. The van der Waals surface area contributed by atoms with Crippen LogP contribution in [0.25, 0.3) is 11.4 Å². The van der Waals surface area contributed by atoms with Gasteiger partial charge in [-0.2, -0.15) is 4.98 Å². The number of halogens is 1. The first-order valence-electron chi connectivity index (χ1n) is 8.16. The lowest BCUT2D eigenvalue weighted by Gasteiger charge is -2.33. The third kappa shape index (κ3) is 4.07. The fourth-order valence-electron chi connectivity index (χ4n) is 2.88. The molecule has 8 heteroatoms. The third-order valence-electron chi connectivity index (χ3n) is 4.26. The van der Waals surface area contributed by atoms with Crippen LogP contribution in [0.3, 0.4) is 0 Å². The summed E-state index contributed by atoms with van der Waals surface area (Å²) in [5, 5.41) is 4.75. The fourth-order valence-corrected chi connectivity index (χ4v) is 3.00. The average molecular weight is 360 g/mol. The molecule has 130 valence electrons. The molecule has 4 rings (SSSR count). The summed E-state index contributed by atoms with van der Waals surface area (Å²) >= 11 is 5.91. The maximum Gasteiger partial charge on any atom is 0.241 e. The zero-order valence-corrected chi connectivity index (χ0v) is 14.4. The highest BCUT2D eigenvalue weighted by Gasteiger charge is 2.20. The van der Waals surface area contributed by atoms with Gasteiger partial charge in [-0.1, -0.05) is 16.8 Å². The van der Waals surface area contributed by atoms with E-state index in [4.69, 9.17) is 20.5 Å². The lowest BCUT2D eigenvalue weighted by atomic mass is 10.2. The highest BCUT2D eigenvalue weighted by atomic mass is 35.5. The molecule has 0 spiro atoms. The molecule has 0 radical (unpaired) electrons. The Balaban J connectivity index is 1.31. The Morgan fingerprint density at radius 1 is 1.00 bits per heavy atom. The van der Waals surface area contributed by atoms with E-state index < -0.39 is 0 Å². The van der Waals surface area contributed by atoms with Gasteiger partial charge < -0.3 is 8.94 Å². The van der Waals surface area contributed by atoms with Gasteiger partial charge in [-0.15, -0.1) is 0 Å². The zero-order valence-electron chi connectivity index (χ0n) is 13.6. The van der Waals surface area contributed by atoms with Crippen molar-refractivity contribution in [2.75, 3.05) is 26.2 Å². The van der Waals surface area contributed by atoms with Gasteiger partial charge in [-0.25, -0.2) is 4.98 Å². The molecule has 25 heavy (non-hydrogen) atoms. The van der Waals surface area contributed by atoms with E-state index in [1.807, 2.05) is 24.3 Å². The van der Waals surface area contributed by atoms with Crippen LogP contribution in [-0.4, -0.2) is 51.1 Å². The first-order valence-corrected chi connectivity index (χ1v) is 8.54. The lowest BCUT2D eigenvalue weighted by Crippen LogP contribution is -2.45. The SMILES string of the molecule is Clc1ccc(-c2noc(CN3CCN(Cc4cocn4)CC3)n2)cc1. The van der Waals surface area contributed by atoms with Crippen LogP contribution in [0, 0.1) is 0 Å². The molecule has 0 N–H and O–H groups in total. The molecular formula is C17H18ClN5O2. The van der Waals surface area contributed by atoms with Crippen LogP contribution in [0.15, 0.2) is 45.9 Å². The van der Waals surface area contributed by atoms with E-state index in [0.29, 0.717) is 23.3 Å². The quantitative estimate of drug-likeness (QED) is 0.693. The summed E-state index contributed by atoms with van der Waals surface area (Å²) in [7, 11) is 0. The molecular weight excluding hydrogens is 342 g/mol. The smallest absolute Gasteiger partial charge is 0.241 e. The number of benzene rings is 1. The first kappa shape index (κ1) is 16.3. The Bertz CT molecular complexity index is 795. The molecule has 3 aromatic rings. The lowest BCUT2D eigenvalue weighted by molar-refractivity contribution is 0.111. The number of hydrogen-bond acceptors (Lipinski definition) is 7. The predicted molar refractivity (Wildman–Crippen MR) is 91.8 cm³/mol. The summed E-state index contributed by atoms with van der Waals surface area (Å²) in [6.45, 7) is 5.35. The highest BCUT2D eigenvalue weighted by molar-refractivity contribution is 6.30. The standard InChI is InChI=1S/C17H18ClN5O2/c18-14-3-1-13(2-4-14)17-20-16(25-21-17)10-23-7-5-22(6-8-23)9-15-11-24-12-19-15/h1-4,11-12H,5-10H2. The summed E-state index contributed by atoms with van der Waals surface area (Å²) in [6, 6.07) is 7.42. The van der Waals surface area contributed by atoms with Crippen molar-refractivity contribution in [2.45, 2.75) is 13.1 Å². The van der Waals surface area contributed by atoms with E-state index >= 15 is 0 Å². The van der Waals surface area contributed by atoms with E-state index in [1.54, 1.807) is 6.26 Å². The van der Waals surface area contributed by atoms with Crippen LogP contribution < -0.4 is 0 Å². The predicted octanol–water partition coefficient (Wildman–Crippen LogP) is 2.70. The average Bonchev–Trinajstić information content (AvgIpc) is 3.29. The summed E-state index contributed by atoms with van der Waals surface area (Å²) < 4.78 is 10.4. The van der Waals surface area contributed by atoms with Gasteiger partial charge in [0.15, 0.2) is 6.39 Å². The Morgan fingerprint density at radius 2 is 1.72 bits per heavy atom. The normalized spacial score (nSPS) is 16.4. The topological polar surface area (TPSA) is 71.4 Å². The van der Waals surface area contributed by atoms with Gasteiger partial charge in [0.1, 0.15) is 6.26 Å². The molecule has 0 aliphatic carbocycles. The van der Waals surface area contributed by atoms with Crippen molar-refractivity contribution in [3.8, 4) is 11.4 Å². The summed E-state index contributed by atoms with van der Waals surface area (Å²) in [5.74, 6) is 1.23. The molecule has 1 fully saturated rings. The largest absolute Gasteiger partial charge is 0.451 e. The van der Waals surface area contributed by atoms with E-state index in [1.165, 1.54) is 6.39 Å².